The summed E-state index contributed by atoms with van der Waals surface area (Å²) in [5.74, 6) is 0.518. The van der Waals surface area contributed by atoms with Gasteiger partial charge in [-0.25, -0.2) is 0 Å². The van der Waals surface area contributed by atoms with Crippen LogP contribution in [0.2, 0.25) is 5.02 Å². The number of hydrogen-bond donors (Lipinski definition) is 1. The number of likely N-dealkylation sites (tertiary alicyclic amines) is 1. The molecule has 0 saturated carbocycles. The van der Waals surface area contributed by atoms with Gasteiger partial charge in [-0.15, -0.1) is 0 Å². The minimum absolute atomic E-state index is 0.00275. The predicted octanol–water partition coefficient (Wildman–Crippen LogP) is 2.90. The minimum atomic E-state index is -0.0182. The first kappa shape index (κ1) is 12.7. The first-order valence-electron chi connectivity index (χ1n) is 5.45. The third kappa shape index (κ3) is 2.75. The Labute approximate surface area is 114 Å². The Hall–Kier alpha value is -0.740. The fourth-order valence-electron chi connectivity index (χ4n) is 1.97. The van der Waals surface area contributed by atoms with Gasteiger partial charge in [-0.2, -0.15) is 0 Å². The van der Waals surface area contributed by atoms with Crippen molar-refractivity contribution in [2.75, 3.05) is 18.4 Å². The van der Waals surface area contributed by atoms with Crippen molar-refractivity contribution in [3.05, 3.63) is 28.8 Å². The SMILES string of the molecule is O=C(c1ccc(O)c(Cl)c1)N1CCC(CBr)C1. The summed E-state index contributed by atoms with van der Waals surface area (Å²) in [6, 6.07) is 4.57. The number of amides is 1. The van der Waals surface area contributed by atoms with Crippen molar-refractivity contribution >= 4 is 33.4 Å². The number of nitrogens with zero attached hydrogens (tertiary/aromatic N) is 1. The van der Waals surface area contributed by atoms with Crippen molar-refractivity contribution < 1.29 is 9.90 Å². The summed E-state index contributed by atoms with van der Waals surface area (Å²) < 4.78 is 0. The van der Waals surface area contributed by atoms with Gasteiger partial charge >= 0.3 is 0 Å². The number of halogens is 2. The average Bonchev–Trinajstić information content (AvgIpc) is 2.80. The molecule has 1 aromatic rings. The lowest BCUT2D eigenvalue weighted by Crippen LogP contribution is -2.28. The summed E-state index contributed by atoms with van der Waals surface area (Å²) in [5, 5.41) is 10.4. The summed E-state index contributed by atoms with van der Waals surface area (Å²) in [6.07, 6.45) is 1.03. The minimum Gasteiger partial charge on any atom is -0.506 e. The first-order chi connectivity index (χ1) is 8.11. The van der Waals surface area contributed by atoms with Crippen LogP contribution in [0.3, 0.4) is 0 Å². The number of hydrogen-bond acceptors (Lipinski definition) is 2. The second-order valence-corrected chi connectivity index (χ2v) is 5.28. The summed E-state index contributed by atoms with van der Waals surface area (Å²) in [4.78, 5) is 14.0. The summed E-state index contributed by atoms with van der Waals surface area (Å²) in [6.45, 7) is 1.57. The van der Waals surface area contributed by atoms with Crippen molar-refractivity contribution in [1.82, 2.24) is 4.90 Å². The molecule has 1 aromatic carbocycles. The lowest BCUT2D eigenvalue weighted by atomic mass is 10.1. The van der Waals surface area contributed by atoms with Gasteiger partial charge in [-0.05, 0) is 30.5 Å². The van der Waals surface area contributed by atoms with Crippen molar-refractivity contribution in [2.45, 2.75) is 6.42 Å². The maximum Gasteiger partial charge on any atom is 0.253 e. The number of alkyl halides is 1. The van der Waals surface area contributed by atoms with Gasteiger partial charge in [-0.3, -0.25) is 4.79 Å². The molecule has 0 spiro atoms. The molecule has 1 atom stereocenters. The molecule has 1 saturated heterocycles. The zero-order chi connectivity index (χ0) is 12.4. The Morgan fingerprint density at radius 1 is 1.59 bits per heavy atom. The molecule has 1 fully saturated rings. The molecule has 1 aliphatic heterocycles. The van der Waals surface area contributed by atoms with Crippen LogP contribution in [0.25, 0.3) is 0 Å². The van der Waals surface area contributed by atoms with Crippen LogP contribution in [0.15, 0.2) is 18.2 Å². The van der Waals surface area contributed by atoms with Crippen LogP contribution in [-0.2, 0) is 0 Å². The number of carbonyl (C=O) groups is 1. The molecule has 1 aliphatic rings. The third-order valence-corrected chi connectivity index (χ3v) is 4.20. The molecule has 1 unspecified atom stereocenters. The molecular formula is C12H13BrClNO2. The topological polar surface area (TPSA) is 40.5 Å². The quantitative estimate of drug-likeness (QED) is 0.852. The van der Waals surface area contributed by atoms with Gasteiger partial charge in [0.25, 0.3) is 5.91 Å². The van der Waals surface area contributed by atoms with Crippen LogP contribution in [-0.4, -0.2) is 34.3 Å². The van der Waals surface area contributed by atoms with Crippen molar-refractivity contribution in [1.29, 1.82) is 0 Å². The molecule has 0 radical (unpaired) electrons. The Balaban J connectivity index is 2.12. The summed E-state index contributed by atoms with van der Waals surface area (Å²) in [5.41, 5.74) is 0.531. The number of benzene rings is 1. The number of aromatic hydroxyl groups is 1. The van der Waals surface area contributed by atoms with Gasteiger partial charge in [0, 0.05) is 24.0 Å². The van der Waals surface area contributed by atoms with Crippen molar-refractivity contribution in [2.24, 2.45) is 5.92 Å². The smallest absolute Gasteiger partial charge is 0.253 e. The number of phenols is 1. The van der Waals surface area contributed by atoms with Crippen LogP contribution >= 0.6 is 27.5 Å². The van der Waals surface area contributed by atoms with E-state index in [0.29, 0.717) is 11.5 Å². The molecule has 1 heterocycles. The zero-order valence-electron chi connectivity index (χ0n) is 9.20. The second-order valence-electron chi connectivity index (χ2n) is 4.23. The highest BCUT2D eigenvalue weighted by atomic mass is 79.9. The molecule has 17 heavy (non-hydrogen) atoms. The average molecular weight is 319 g/mol. The monoisotopic (exact) mass is 317 g/mol. The Kier molecular flexibility index (Phi) is 3.94. The van der Waals surface area contributed by atoms with E-state index in [1.54, 1.807) is 6.07 Å². The van der Waals surface area contributed by atoms with E-state index in [-0.39, 0.29) is 16.7 Å². The Bertz CT molecular complexity index is 439. The first-order valence-corrected chi connectivity index (χ1v) is 6.95. The van der Waals surface area contributed by atoms with Gasteiger partial charge in [0.05, 0.1) is 5.02 Å². The maximum absolute atomic E-state index is 12.1. The van der Waals surface area contributed by atoms with Crippen LogP contribution in [0.5, 0.6) is 5.75 Å². The van der Waals surface area contributed by atoms with E-state index in [1.165, 1.54) is 12.1 Å². The lowest BCUT2D eigenvalue weighted by molar-refractivity contribution is 0.0788. The second kappa shape index (κ2) is 5.27. The van der Waals surface area contributed by atoms with E-state index in [0.717, 1.165) is 24.8 Å². The number of rotatable bonds is 2. The van der Waals surface area contributed by atoms with Gasteiger partial charge in [0.15, 0.2) is 0 Å². The molecule has 1 N–H and O–H groups in total. The highest BCUT2D eigenvalue weighted by Gasteiger charge is 2.26. The van der Waals surface area contributed by atoms with Crippen LogP contribution in [0, 0.1) is 5.92 Å². The zero-order valence-corrected chi connectivity index (χ0v) is 11.5. The molecule has 0 bridgehead atoms. The standard InChI is InChI=1S/C12H13BrClNO2/c13-6-8-3-4-15(7-8)12(17)9-1-2-11(16)10(14)5-9/h1-2,5,8,16H,3-4,6-7H2. The van der Waals surface area contributed by atoms with Gasteiger partial charge < -0.3 is 10.0 Å². The molecule has 3 nitrogen and oxygen atoms in total. The molecule has 0 aromatic heterocycles. The number of carbonyl (C=O) groups excluding carboxylic acids is 1. The normalized spacial score (nSPS) is 19.6. The Morgan fingerprint density at radius 2 is 2.35 bits per heavy atom. The summed E-state index contributed by atoms with van der Waals surface area (Å²) >= 11 is 9.23. The highest BCUT2D eigenvalue weighted by Crippen LogP contribution is 2.26. The summed E-state index contributed by atoms with van der Waals surface area (Å²) in [7, 11) is 0. The van der Waals surface area contributed by atoms with E-state index in [2.05, 4.69) is 15.9 Å². The Morgan fingerprint density at radius 3 is 2.94 bits per heavy atom. The molecule has 0 aliphatic carbocycles. The fourth-order valence-corrected chi connectivity index (χ4v) is 2.67. The molecule has 2 rings (SSSR count). The van der Waals surface area contributed by atoms with E-state index in [1.807, 2.05) is 4.90 Å². The van der Waals surface area contributed by atoms with Gasteiger partial charge in [0.2, 0.25) is 0 Å². The maximum atomic E-state index is 12.1. The molecule has 1 amide bonds. The number of phenolic OH excluding ortho intramolecular Hbond substituents is 1. The van der Waals surface area contributed by atoms with Gasteiger partial charge in [0.1, 0.15) is 5.75 Å². The molecular weight excluding hydrogens is 305 g/mol. The van der Waals surface area contributed by atoms with Gasteiger partial charge in [-0.1, -0.05) is 27.5 Å². The fraction of sp³-hybridized carbons (Fsp3) is 0.417. The highest BCUT2D eigenvalue weighted by molar-refractivity contribution is 9.09. The third-order valence-electron chi connectivity index (χ3n) is 2.99. The van der Waals surface area contributed by atoms with Crippen molar-refractivity contribution in [3.63, 3.8) is 0 Å². The van der Waals surface area contributed by atoms with E-state index in [9.17, 15) is 9.90 Å². The van der Waals surface area contributed by atoms with Crippen molar-refractivity contribution in [3.8, 4) is 5.75 Å². The largest absolute Gasteiger partial charge is 0.506 e. The molecule has 92 valence electrons. The van der Waals surface area contributed by atoms with E-state index < -0.39 is 0 Å². The van der Waals surface area contributed by atoms with Crippen LogP contribution in [0.1, 0.15) is 16.8 Å². The predicted molar refractivity (Wildman–Crippen MR) is 70.9 cm³/mol. The molecule has 5 heteroatoms. The van der Waals surface area contributed by atoms with E-state index >= 15 is 0 Å². The van der Waals surface area contributed by atoms with E-state index in [4.69, 9.17) is 11.6 Å². The van der Waals surface area contributed by atoms with Crippen LogP contribution < -0.4 is 0 Å². The van der Waals surface area contributed by atoms with Crippen LogP contribution in [0.4, 0.5) is 0 Å². The lowest BCUT2D eigenvalue weighted by Gasteiger charge is -2.16.